The molecule has 0 bridgehead atoms. The van der Waals surface area contributed by atoms with E-state index in [-0.39, 0.29) is 0 Å². The molecule has 0 saturated carbocycles. The minimum atomic E-state index is 0.645. The molecule has 3 rings (SSSR count). The van der Waals surface area contributed by atoms with Crippen LogP contribution in [0, 0.1) is 0 Å². The second-order valence-electron chi connectivity index (χ2n) is 4.13. The molecule has 2 aromatic heterocycles. The molecule has 0 unspecified atom stereocenters. The van der Waals surface area contributed by atoms with Crippen molar-refractivity contribution in [1.29, 1.82) is 0 Å². The minimum Gasteiger partial charge on any atom is -0.272 e. The summed E-state index contributed by atoms with van der Waals surface area (Å²) in [6.07, 6.45) is 7.20. The monoisotopic (exact) mass is 285 g/mol. The Kier molecular flexibility index (Phi) is 5.33. The van der Waals surface area contributed by atoms with Crippen molar-refractivity contribution in [2.45, 2.75) is 13.5 Å². The summed E-state index contributed by atoms with van der Waals surface area (Å²) in [5.41, 5.74) is 2.04. The molecule has 2 heterocycles. The number of aromatic nitrogens is 3. The first-order chi connectivity index (χ1) is 9.79. The summed E-state index contributed by atoms with van der Waals surface area (Å²) < 4.78 is 1.87. The summed E-state index contributed by atoms with van der Waals surface area (Å²) in [5, 5.41) is 4.83. The Balaban J connectivity index is 0.000000205. The Morgan fingerprint density at radius 1 is 0.950 bits per heavy atom. The summed E-state index contributed by atoms with van der Waals surface area (Å²) >= 11 is 5.85. The van der Waals surface area contributed by atoms with Crippen LogP contribution >= 0.6 is 11.6 Å². The number of pyridine rings is 1. The molecule has 3 nitrogen and oxygen atoms in total. The molecule has 0 aliphatic heterocycles. The molecule has 3 aromatic rings. The highest BCUT2D eigenvalue weighted by molar-refractivity contribution is 6.30. The summed E-state index contributed by atoms with van der Waals surface area (Å²) in [6, 6.07) is 13.9. The van der Waals surface area contributed by atoms with Gasteiger partial charge in [-0.1, -0.05) is 48.0 Å². The smallest absolute Gasteiger partial charge is 0.0595 e. The normalized spacial score (nSPS) is 9.70. The molecule has 1 aromatic carbocycles. The maximum Gasteiger partial charge on any atom is 0.0595 e. The number of aryl methyl sites for hydroxylation is 1. The molecule has 102 valence electrons. The molecular weight excluding hydrogens is 270 g/mol. The van der Waals surface area contributed by atoms with Crippen molar-refractivity contribution in [1.82, 2.24) is 14.8 Å². The van der Waals surface area contributed by atoms with E-state index >= 15 is 0 Å². The van der Waals surface area contributed by atoms with E-state index < -0.39 is 0 Å². The lowest BCUT2D eigenvalue weighted by molar-refractivity contribution is 0.660. The lowest BCUT2D eigenvalue weighted by Gasteiger charge is -1.96. The van der Waals surface area contributed by atoms with Gasteiger partial charge in [-0.2, -0.15) is 5.10 Å². The van der Waals surface area contributed by atoms with Crippen LogP contribution in [0.15, 0.2) is 67.3 Å². The predicted molar refractivity (Wildman–Crippen MR) is 82.6 cm³/mol. The fourth-order valence-corrected chi connectivity index (χ4v) is 1.81. The lowest BCUT2D eigenvalue weighted by atomic mass is 10.2. The van der Waals surface area contributed by atoms with Gasteiger partial charge in [0.2, 0.25) is 0 Å². The average Bonchev–Trinajstić information content (AvgIpc) is 2.99. The molecule has 4 heteroatoms. The number of rotatable bonds is 2. The Bertz CT molecular complexity index is 608. The molecule has 0 aliphatic carbocycles. The van der Waals surface area contributed by atoms with E-state index in [4.69, 9.17) is 11.6 Å². The molecule has 0 radical (unpaired) electrons. The van der Waals surface area contributed by atoms with E-state index in [0.717, 1.165) is 17.7 Å². The fraction of sp³-hybridized carbons (Fsp3) is 0.125. The Labute approximate surface area is 123 Å². The van der Waals surface area contributed by atoms with Crippen molar-refractivity contribution in [2.24, 2.45) is 0 Å². The van der Waals surface area contributed by atoms with Crippen molar-refractivity contribution in [3.05, 3.63) is 72.3 Å². The first-order valence-electron chi connectivity index (χ1n) is 6.43. The van der Waals surface area contributed by atoms with E-state index in [9.17, 15) is 0 Å². The molecule has 20 heavy (non-hydrogen) atoms. The van der Waals surface area contributed by atoms with Gasteiger partial charge in [0.05, 0.1) is 11.2 Å². The highest BCUT2D eigenvalue weighted by Crippen LogP contribution is 2.20. The van der Waals surface area contributed by atoms with Gasteiger partial charge in [-0.15, -0.1) is 0 Å². The summed E-state index contributed by atoms with van der Waals surface area (Å²) in [7, 11) is 0. The summed E-state index contributed by atoms with van der Waals surface area (Å²) in [6.45, 7) is 2.92. The van der Waals surface area contributed by atoms with Gasteiger partial charge >= 0.3 is 0 Å². The second kappa shape index (κ2) is 7.46. The predicted octanol–water partition coefficient (Wildman–Crippen LogP) is 4.31. The van der Waals surface area contributed by atoms with E-state index in [1.165, 1.54) is 0 Å². The van der Waals surface area contributed by atoms with Crippen LogP contribution in [0.1, 0.15) is 6.92 Å². The molecule has 0 aliphatic rings. The van der Waals surface area contributed by atoms with Crippen LogP contribution in [0.3, 0.4) is 0 Å². The van der Waals surface area contributed by atoms with Gasteiger partial charge in [-0.25, -0.2) is 0 Å². The Morgan fingerprint density at radius 3 is 2.10 bits per heavy atom. The molecule has 0 saturated heterocycles. The van der Waals surface area contributed by atoms with Crippen LogP contribution in [0.25, 0.3) is 11.1 Å². The first kappa shape index (κ1) is 14.3. The van der Waals surface area contributed by atoms with E-state index in [0.29, 0.717) is 5.02 Å². The highest BCUT2D eigenvalue weighted by Gasteiger charge is 2.01. The van der Waals surface area contributed by atoms with Gasteiger partial charge in [0.15, 0.2) is 0 Å². The zero-order valence-electron chi connectivity index (χ0n) is 11.3. The summed E-state index contributed by atoms with van der Waals surface area (Å²) in [5.74, 6) is 0. The maximum absolute atomic E-state index is 5.85. The second-order valence-corrected chi connectivity index (χ2v) is 4.57. The zero-order valence-corrected chi connectivity index (χ0v) is 12.0. The number of hydrogen-bond acceptors (Lipinski definition) is 2. The van der Waals surface area contributed by atoms with Gasteiger partial charge in [-0.3, -0.25) is 9.67 Å². The van der Waals surface area contributed by atoms with Gasteiger partial charge < -0.3 is 0 Å². The van der Waals surface area contributed by atoms with Crippen LogP contribution in [0.2, 0.25) is 5.02 Å². The van der Waals surface area contributed by atoms with Crippen molar-refractivity contribution in [3.8, 4) is 11.1 Å². The van der Waals surface area contributed by atoms with Crippen LogP contribution < -0.4 is 0 Å². The number of benzene rings is 1. The zero-order chi connectivity index (χ0) is 14.2. The third-order valence-corrected chi connectivity index (χ3v) is 2.87. The standard InChI is InChI=1S/C10H10ClN3.C6H6/c1-2-14-7-9(5-13-14)8-3-10(11)6-12-4-8;1-2-4-6-5-3-1/h3-7H,2H2,1H3;1-6H. The molecule has 0 N–H and O–H groups in total. The van der Waals surface area contributed by atoms with Gasteiger partial charge in [0.25, 0.3) is 0 Å². The molecule has 0 fully saturated rings. The third-order valence-electron chi connectivity index (χ3n) is 2.66. The molecular formula is C16H16ClN3. The van der Waals surface area contributed by atoms with Crippen molar-refractivity contribution < 1.29 is 0 Å². The van der Waals surface area contributed by atoms with Gasteiger partial charge in [0.1, 0.15) is 0 Å². The van der Waals surface area contributed by atoms with Crippen molar-refractivity contribution >= 4 is 11.6 Å². The van der Waals surface area contributed by atoms with E-state index in [2.05, 4.69) is 10.1 Å². The van der Waals surface area contributed by atoms with Crippen molar-refractivity contribution in [3.63, 3.8) is 0 Å². The van der Waals surface area contributed by atoms with E-state index in [1.54, 1.807) is 12.4 Å². The number of nitrogens with zero attached hydrogens (tertiary/aromatic N) is 3. The van der Waals surface area contributed by atoms with Crippen LogP contribution in [-0.2, 0) is 6.54 Å². The number of halogens is 1. The quantitative estimate of drug-likeness (QED) is 0.702. The average molecular weight is 286 g/mol. The van der Waals surface area contributed by atoms with Crippen LogP contribution in [0.5, 0.6) is 0 Å². The molecule has 0 atom stereocenters. The fourth-order valence-electron chi connectivity index (χ4n) is 1.64. The largest absolute Gasteiger partial charge is 0.272 e. The topological polar surface area (TPSA) is 30.7 Å². The molecule has 0 spiro atoms. The van der Waals surface area contributed by atoms with Crippen molar-refractivity contribution in [2.75, 3.05) is 0 Å². The van der Waals surface area contributed by atoms with Gasteiger partial charge in [-0.05, 0) is 13.0 Å². The van der Waals surface area contributed by atoms with E-state index in [1.807, 2.05) is 66.5 Å². The van der Waals surface area contributed by atoms with Crippen LogP contribution in [0.4, 0.5) is 0 Å². The highest BCUT2D eigenvalue weighted by atomic mass is 35.5. The molecule has 0 amide bonds. The SMILES string of the molecule is CCn1cc(-c2cncc(Cl)c2)cn1.c1ccccc1. The first-order valence-corrected chi connectivity index (χ1v) is 6.81. The minimum absolute atomic E-state index is 0.645. The summed E-state index contributed by atoms with van der Waals surface area (Å²) in [4.78, 5) is 4.03. The lowest BCUT2D eigenvalue weighted by Crippen LogP contribution is -1.91. The Morgan fingerprint density at radius 2 is 1.60 bits per heavy atom. The maximum atomic E-state index is 5.85. The Hall–Kier alpha value is -2.13. The third kappa shape index (κ3) is 4.21. The van der Waals surface area contributed by atoms with Crippen LogP contribution in [-0.4, -0.2) is 14.8 Å². The number of hydrogen-bond donors (Lipinski definition) is 0. The van der Waals surface area contributed by atoms with Gasteiger partial charge in [0, 0.05) is 36.3 Å².